The van der Waals surface area contributed by atoms with Gasteiger partial charge in [-0.25, -0.2) is 9.97 Å². The van der Waals surface area contributed by atoms with Gasteiger partial charge in [0.15, 0.2) is 0 Å². The summed E-state index contributed by atoms with van der Waals surface area (Å²) in [5.41, 5.74) is 1.55. The molecule has 2 aromatic rings. The number of carbonyl (C=O) groups is 1. The monoisotopic (exact) mass is 338 g/mol. The summed E-state index contributed by atoms with van der Waals surface area (Å²) in [6, 6.07) is 12.2. The average Bonchev–Trinajstić information content (AvgIpc) is 2.69. The number of para-hydroxylation sites is 1. The number of aromatic nitrogens is 2. The molecule has 1 atom stereocenters. The number of hydrogen-bond acceptors (Lipinski definition) is 4. The van der Waals surface area contributed by atoms with Gasteiger partial charge in [-0.15, -0.1) is 0 Å². The van der Waals surface area contributed by atoms with E-state index in [1.807, 2.05) is 41.3 Å². The number of amides is 1. The summed E-state index contributed by atoms with van der Waals surface area (Å²) >= 11 is 0. The van der Waals surface area contributed by atoms with Gasteiger partial charge in [0.25, 0.3) is 5.91 Å². The maximum atomic E-state index is 13.0. The van der Waals surface area contributed by atoms with Crippen LogP contribution in [0.4, 0.5) is 11.5 Å². The molecule has 1 saturated heterocycles. The fraction of sp³-hybridized carbons (Fsp3) is 0.450. The van der Waals surface area contributed by atoms with Crippen molar-refractivity contribution in [2.24, 2.45) is 0 Å². The van der Waals surface area contributed by atoms with Crippen LogP contribution in [0.25, 0.3) is 0 Å². The molecule has 3 rings (SSSR count). The van der Waals surface area contributed by atoms with Crippen molar-refractivity contribution in [3.8, 4) is 0 Å². The predicted octanol–water partition coefficient (Wildman–Crippen LogP) is 4.04. The number of piperidine rings is 1. The van der Waals surface area contributed by atoms with Crippen molar-refractivity contribution in [3.05, 3.63) is 48.4 Å². The molecule has 0 spiro atoms. The summed E-state index contributed by atoms with van der Waals surface area (Å²) in [6.07, 6.45) is 5.86. The number of rotatable bonds is 5. The van der Waals surface area contributed by atoms with Gasteiger partial charge in [-0.05, 0) is 44.7 Å². The lowest BCUT2D eigenvalue weighted by atomic mass is 9.99. The fourth-order valence-corrected chi connectivity index (χ4v) is 3.54. The highest BCUT2D eigenvalue weighted by molar-refractivity contribution is 5.93. The van der Waals surface area contributed by atoms with E-state index in [0.29, 0.717) is 11.7 Å². The maximum Gasteiger partial charge on any atom is 0.272 e. The van der Waals surface area contributed by atoms with E-state index in [9.17, 15) is 4.79 Å². The molecule has 1 aliphatic rings. The van der Waals surface area contributed by atoms with Crippen LogP contribution >= 0.6 is 0 Å². The molecule has 1 fully saturated rings. The predicted molar refractivity (Wildman–Crippen MR) is 100 cm³/mol. The molecule has 5 nitrogen and oxygen atoms in total. The van der Waals surface area contributed by atoms with E-state index in [1.165, 1.54) is 12.7 Å². The molecule has 5 heteroatoms. The Morgan fingerprint density at radius 3 is 2.72 bits per heavy atom. The second-order valence-electron chi connectivity index (χ2n) is 6.40. The van der Waals surface area contributed by atoms with Crippen molar-refractivity contribution in [2.75, 3.05) is 18.0 Å². The van der Waals surface area contributed by atoms with Crippen molar-refractivity contribution in [1.82, 2.24) is 14.9 Å². The Balaban J connectivity index is 1.86. The molecule has 1 unspecified atom stereocenters. The first-order valence-electron chi connectivity index (χ1n) is 9.20. The molecule has 0 bridgehead atoms. The van der Waals surface area contributed by atoms with Crippen LogP contribution in [0.5, 0.6) is 0 Å². The highest BCUT2D eigenvalue weighted by Gasteiger charge is 2.27. The Morgan fingerprint density at radius 2 is 2.00 bits per heavy atom. The lowest BCUT2D eigenvalue weighted by molar-refractivity contribution is 0.0602. The Kier molecular flexibility index (Phi) is 5.64. The summed E-state index contributed by atoms with van der Waals surface area (Å²) in [4.78, 5) is 25.7. The van der Waals surface area contributed by atoms with Crippen molar-refractivity contribution in [1.29, 1.82) is 0 Å². The minimum atomic E-state index is 0.0271. The number of likely N-dealkylation sites (tertiary alicyclic amines) is 1. The van der Waals surface area contributed by atoms with Crippen LogP contribution in [0, 0.1) is 0 Å². The van der Waals surface area contributed by atoms with Crippen molar-refractivity contribution < 1.29 is 4.79 Å². The van der Waals surface area contributed by atoms with Crippen LogP contribution in [0.3, 0.4) is 0 Å². The van der Waals surface area contributed by atoms with E-state index >= 15 is 0 Å². The zero-order valence-corrected chi connectivity index (χ0v) is 15.1. The summed E-state index contributed by atoms with van der Waals surface area (Å²) in [7, 11) is 0. The van der Waals surface area contributed by atoms with Crippen molar-refractivity contribution in [3.63, 3.8) is 0 Å². The molecule has 1 aromatic heterocycles. The van der Waals surface area contributed by atoms with Gasteiger partial charge in [-0.3, -0.25) is 4.79 Å². The Morgan fingerprint density at radius 1 is 1.20 bits per heavy atom. The second-order valence-corrected chi connectivity index (χ2v) is 6.40. The van der Waals surface area contributed by atoms with Crippen molar-refractivity contribution >= 4 is 17.4 Å². The molecule has 1 aromatic carbocycles. The quantitative estimate of drug-likeness (QED) is 0.825. The van der Waals surface area contributed by atoms with Gasteiger partial charge in [-0.1, -0.05) is 25.1 Å². The molecular weight excluding hydrogens is 312 g/mol. The van der Waals surface area contributed by atoms with Gasteiger partial charge >= 0.3 is 0 Å². The first kappa shape index (κ1) is 17.4. The van der Waals surface area contributed by atoms with Crippen molar-refractivity contribution in [2.45, 2.75) is 45.6 Å². The van der Waals surface area contributed by atoms with Gasteiger partial charge in [0.05, 0.1) is 0 Å². The van der Waals surface area contributed by atoms with E-state index in [-0.39, 0.29) is 5.91 Å². The summed E-state index contributed by atoms with van der Waals surface area (Å²) in [6.45, 7) is 5.83. The van der Waals surface area contributed by atoms with Gasteiger partial charge < -0.3 is 9.80 Å². The second kappa shape index (κ2) is 8.10. The minimum absolute atomic E-state index is 0.0271. The third-order valence-corrected chi connectivity index (χ3v) is 4.89. The van der Waals surface area contributed by atoms with Crippen LogP contribution in [-0.4, -0.2) is 39.9 Å². The number of carbonyl (C=O) groups excluding carboxylic acids is 1. The topological polar surface area (TPSA) is 49.3 Å². The average molecular weight is 338 g/mol. The maximum absolute atomic E-state index is 13.0. The van der Waals surface area contributed by atoms with E-state index in [2.05, 4.69) is 28.7 Å². The first-order valence-corrected chi connectivity index (χ1v) is 9.20. The normalized spacial score (nSPS) is 17.4. The zero-order valence-electron chi connectivity index (χ0n) is 15.1. The molecule has 0 saturated carbocycles. The Bertz CT molecular complexity index is 704. The number of nitrogens with zero attached hydrogens (tertiary/aromatic N) is 4. The third kappa shape index (κ3) is 3.81. The Hall–Kier alpha value is -2.43. The molecule has 132 valence electrons. The highest BCUT2D eigenvalue weighted by Crippen LogP contribution is 2.25. The molecule has 0 N–H and O–H groups in total. The zero-order chi connectivity index (χ0) is 17.6. The van der Waals surface area contributed by atoms with E-state index in [4.69, 9.17) is 0 Å². The third-order valence-electron chi connectivity index (χ3n) is 4.89. The molecule has 1 aliphatic heterocycles. The van der Waals surface area contributed by atoms with Crippen LogP contribution < -0.4 is 4.90 Å². The minimum Gasteiger partial charge on any atom is -0.334 e. The molecule has 25 heavy (non-hydrogen) atoms. The van der Waals surface area contributed by atoms with Gasteiger partial charge in [-0.2, -0.15) is 0 Å². The number of benzene rings is 1. The van der Waals surface area contributed by atoms with E-state index < -0.39 is 0 Å². The highest BCUT2D eigenvalue weighted by atomic mass is 16.2. The number of anilines is 2. The van der Waals surface area contributed by atoms with E-state index in [0.717, 1.165) is 43.9 Å². The summed E-state index contributed by atoms with van der Waals surface area (Å²) in [5, 5.41) is 0. The molecular formula is C20H26N4O. The lowest BCUT2D eigenvalue weighted by Gasteiger charge is -2.35. The van der Waals surface area contributed by atoms with Gasteiger partial charge in [0, 0.05) is 30.9 Å². The van der Waals surface area contributed by atoms with Gasteiger partial charge in [0.2, 0.25) is 0 Å². The van der Waals surface area contributed by atoms with Gasteiger partial charge in [0.1, 0.15) is 17.8 Å². The summed E-state index contributed by atoms with van der Waals surface area (Å²) < 4.78 is 0. The van der Waals surface area contributed by atoms with Crippen LogP contribution in [-0.2, 0) is 0 Å². The SMILES string of the molecule is CCC1CCCCN1C(=O)c1cc(N(CC)c2ccccc2)ncn1. The summed E-state index contributed by atoms with van der Waals surface area (Å²) in [5.74, 6) is 0.788. The Labute approximate surface area is 149 Å². The van der Waals surface area contributed by atoms with Crippen LogP contribution in [0.1, 0.15) is 50.0 Å². The largest absolute Gasteiger partial charge is 0.334 e. The van der Waals surface area contributed by atoms with Crippen LogP contribution in [0.15, 0.2) is 42.7 Å². The molecule has 1 amide bonds. The molecule has 0 aliphatic carbocycles. The van der Waals surface area contributed by atoms with Crippen LogP contribution in [0.2, 0.25) is 0 Å². The lowest BCUT2D eigenvalue weighted by Crippen LogP contribution is -2.43. The fourth-order valence-electron chi connectivity index (χ4n) is 3.54. The smallest absolute Gasteiger partial charge is 0.272 e. The van der Waals surface area contributed by atoms with E-state index in [1.54, 1.807) is 0 Å². The molecule has 2 heterocycles. The standard InChI is InChI=1S/C20H26N4O/c1-3-16-10-8-9-13-24(16)20(25)18-14-19(22-15-21-18)23(4-2)17-11-6-5-7-12-17/h5-7,11-12,14-16H,3-4,8-10,13H2,1-2H3. The number of hydrogen-bond donors (Lipinski definition) is 0. The first-order chi connectivity index (χ1) is 12.2. The molecule has 0 radical (unpaired) electrons.